The van der Waals surface area contributed by atoms with Crippen molar-refractivity contribution in [3.63, 3.8) is 0 Å². The number of allylic oxidation sites excluding steroid dienone is 2. The molecule has 8 heterocycles. The first-order valence-electron chi connectivity index (χ1n) is 43.3. The van der Waals surface area contributed by atoms with Gasteiger partial charge in [0.1, 0.15) is 171 Å². The second kappa shape index (κ2) is 38.3. The van der Waals surface area contributed by atoms with Crippen LogP contribution < -0.4 is 0 Å². The van der Waals surface area contributed by atoms with Crippen LogP contribution in [0.1, 0.15) is 119 Å². The minimum absolute atomic E-state index is 0.0789. The summed E-state index contributed by atoms with van der Waals surface area (Å²) in [5.74, 6) is -2.55. The number of aliphatic hydroxyl groups excluding tert-OH is 22. The highest BCUT2D eigenvalue weighted by Gasteiger charge is 2.72. The van der Waals surface area contributed by atoms with Crippen LogP contribution in [0, 0.1) is 50.2 Å². The van der Waals surface area contributed by atoms with Crippen molar-refractivity contribution in [1.29, 1.82) is 0 Å². The topological polar surface area (TPSA) is 636 Å². The largest absolute Gasteiger partial charge is 0.459 e. The van der Waals surface area contributed by atoms with E-state index in [4.69, 9.17) is 80.5 Å². The van der Waals surface area contributed by atoms with E-state index in [0.29, 0.717) is 44.1 Å². The minimum Gasteiger partial charge on any atom is -0.459 e. The van der Waals surface area contributed by atoms with Crippen LogP contribution in [0.3, 0.4) is 0 Å². The molecule has 46 atom stereocenters. The fraction of sp³-hybridized carbons (Fsp3) is 0.857. The van der Waals surface area contributed by atoms with Crippen molar-refractivity contribution in [2.75, 3.05) is 46.2 Å². The third-order valence-electron chi connectivity index (χ3n) is 30.3. The number of fused-ring (bicyclic) bond motifs is 7. The van der Waals surface area contributed by atoms with Gasteiger partial charge in [0.2, 0.25) is 6.29 Å². The van der Waals surface area contributed by atoms with Crippen molar-refractivity contribution in [2.45, 2.75) is 353 Å². The number of hydrogen-bond acceptors (Lipinski definition) is 41. The molecule has 41 heteroatoms. The van der Waals surface area contributed by atoms with Crippen molar-refractivity contribution < 1.29 is 202 Å². The summed E-state index contributed by atoms with van der Waals surface area (Å²) >= 11 is 0. The molecule has 5 aliphatic carbocycles. The Morgan fingerprint density at radius 1 is 0.432 bits per heavy atom. The summed E-state index contributed by atoms with van der Waals surface area (Å²) in [4.78, 5) is 30.8. The Labute approximate surface area is 720 Å². The van der Waals surface area contributed by atoms with Crippen molar-refractivity contribution in [2.24, 2.45) is 50.2 Å². The molecular formula is C84H128O41. The van der Waals surface area contributed by atoms with E-state index < -0.39 is 336 Å². The maximum Gasteiger partial charge on any atom is 0.331 e. The number of aliphatic hydroxyl groups is 22. The molecule has 14 rings (SSSR count). The first-order valence-corrected chi connectivity index (χ1v) is 43.3. The highest BCUT2D eigenvalue weighted by Crippen LogP contribution is 2.76. The highest BCUT2D eigenvalue weighted by atomic mass is 16.8. The molecule has 22 N–H and O–H groups in total. The molecule has 710 valence electrons. The lowest BCUT2D eigenvalue weighted by Gasteiger charge is -2.71. The molecular weight excluding hydrogens is 1660 g/mol. The normalized spacial score (nSPS) is 51.1. The van der Waals surface area contributed by atoms with Crippen LogP contribution in [0.2, 0.25) is 0 Å². The van der Waals surface area contributed by atoms with E-state index in [1.54, 1.807) is 30.3 Å². The van der Waals surface area contributed by atoms with Crippen molar-refractivity contribution >= 4 is 18.0 Å². The van der Waals surface area contributed by atoms with Gasteiger partial charge in [-0.15, -0.1) is 0 Å². The van der Waals surface area contributed by atoms with Crippen LogP contribution in [-0.4, -0.2) is 410 Å². The molecule has 1 aromatic rings. The number of hydrogen-bond donors (Lipinski definition) is 22. The van der Waals surface area contributed by atoms with Crippen molar-refractivity contribution in [3.05, 3.63) is 53.6 Å². The number of carbonyl (C=O) groups excluding carboxylic acids is 2. The summed E-state index contributed by atoms with van der Waals surface area (Å²) < 4.78 is 104. The minimum atomic E-state index is -2.20. The van der Waals surface area contributed by atoms with Crippen LogP contribution in [0.4, 0.5) is 0 Å². The zero-order chi connectivity index (χ0) is 90.5. The van der Waals surface area contributed by atoms with Gasteiger partial charge in [-0.2, -0.15) is 0 Å². The fourth-order valence-corrected chi connectivity index (χ4v) is 22.6. The Kier molecular flexibility index (Phi) is 29.8. The van der Waals surface area contributed by atoms with Crippen molar-refractivity contribution in [1.82, 2.24) is 0 Å². The molecule has 1 aromatic carbocycles. The fourth-order valence-electron chi connectivity index (χ4n) is 22.6. The van der Waals surface area contributed by atoms with Gasteiger partial charge in [-0.3, -0.25) is 4.79 Å². The molecule has 12 fully saturated rings. The summed E-state index contributed by atoms with van der Waals surface area (Å²) in [5, 5.41) is 243. The molecule has 0 unspecified atom stereocenters. The molecule has 0 aromatic heterocycles. The lowest BCUT2D eigenvalue weighted by molar-refractivity contribution is -0.390. The number of benzene rings is 1. The van der Waals surface area contributed by atoms with Gasteiger partial charge in [-0.05, 0) is 109 Å². The Balaban J connectivity index is 0.747. The van der Waals surface area contributed by atoms with Gasteiger partial charge in [-0.1, -0.05) is 90.4 Å². The zero-order valence-electron chi connectivity index (χ0n) is 70.8. The molecule has 0 bridgehead atoms. The van der Waals surface area contributed by atoms with Gasteiger partial charge in [0, 0.05) is 17.9 Å². The Bertz CT molecular complexity index is 3830. The summed E-state index contributed by atoms with van der Waals surface area (Å²) in [6, 6.07) is 9.03. The van der Waals surface area contributed by atoms with Crippen LogP contribution in [0.25, 0.3) is 6.08 Å². The average molecular weight is 1790 g/mol. The molecule has 41 nitrogen and oxygen atoms in total. The van der Waals surface area contributed by atoms with Gasteiger partial charge in [-0.25, -0.2) is 4.79 Å². The van der Waals surface area contributed by atoms with Crippen LogP contribution in [0.15, 0.2) is 48.1 Å². The third kappa shape index (κ3) is 18.0. The van der Waals surface area contributed by atoms with Crippen LogP contribution >= 0.6 is 0 Å². The molecule has 0 amide bonds. The number of carbonyl (C=O) groups is 2. The van der Waals surface area contributed by atoms with Crippen molar-refractivity contribution in [3.8, 4) is 0 Å². The second-order valence-corrected chi connectivity index (χ2v) is 38.3. The monoisotopic (exact) mass is 1790 g/mol. The Hall–Kier alpha value is -3.84. The number of rotatable bonds is 24. The first kappa shape index (κ1) is 97.2. The quantitative estimate of drug-likeness (QED) is 0.0198. The van der Waals surface area contributed by atoms with Crippen LogP contribution in [0.5, 0.6) is 0 Å². The molecule has 4 saturated carbocycles. The maximum absolute atomic E-state index is 16.5. The summed E-state index contributed by atoms with van der Waals surface area (Å²) in [6.45, 7) is 11.0. The summed E-state index contributed by atoms with van der Waals surface area (Å²) in [7, 11) is 0. The SMILES string of the molecule is C[C@@H]1O[C@@H](O[C@H]2[C@H](OC(=O)[C@@]34CC[C@]5(C)C(=CC[C@@H]6[C@@]7(C)CC[C@H](O[C@@H]8O[C@H](CO[C@@H]9OC[C@H](O)[C@H](O)[C@H]9O[C@@H]9OC[C@@H](O)[C@H](O)[C@H]9O)[C@@H](O)[C@H](O)[C@H]8O[C@@H]8O[C@H](CO)[C@@H](O)[C@H](O)[C@H]8O)C(C)(C)[C@@H]7CC[C@]65C)[C@@H]3CC(C)(C)[C@@H](OC(=O)/C=C/c3ccccc3)C4)O[C@H](CO)[C@@H](O)[C@@H]2O)[C@H](O)[C@H](O[C@@H]2O[C@H](CO)[C@@H](O)[C@H](O)[C@H]2O)[C@H]1O[C@@H]1O[C@@H](CO)[C@H](O)[C@H]1O. The molecule has 125 heavy (non-hydrogen) atoms. The maximum atomic E-state index is 16.5. The number of ether oxygens (including phenoxy) is 17. The van der Waals surface area contributed by atoms with Crippen LogP contribution in [-0.2, 0) is 90.1 Å². The predicted octanol–water partition coefficient (Wildman–Crippen LogP) is -6.56. The Morgan fingerprint density at radius 3 is 1.50 bits per heavy atom. The van der Waals surface area contributed by atoms with E-state index in [2.05, 4.69) is 40.7 Å². The van der Waals surface area contributed by atoms with E-state index in [-0.39, 0.29) is 31.1 Å². The molecule has 13 aliphatic rings. The zero-order valence-corrected chi connectivity index (χ0v) is 70.8. The second-order valence-electron chi connectivity index (χ2n) is 38.3. The number of esters is 2. The highest BCUT2D eigenvalue weighted by molar-refractivity contribution is 5.87. The van der Waals surface area contributed by atoms with E-state index >= 15 is 4.79 Å². The van der Waals surface area contributed by atoms with E-state index in [1.807, 2.05) is 19.9 Å². The third-order valence-corrected chi connectivity index (χ3v) is 30.3. The van der Waals surface area contributed by atoms with E-state index in [9.17, 15) is 117 Å². The van der Waals surface area contributed by atoms with E-state index in [0.717, 1.165) is 5.57 Å². The standard InChI is InChI=1S/C84H128O41/c1-33-65(120-71-61(104)54(97)42(29-88)115-71)66(121-72-62(105)56(99)51(94)39(26-85)113-72)64(107)74(112-33)124-69-58(101)53(96)41(28-87)116-77(69)125-78(108)84-23-22-82(7)35(36(84)24-79(2,3)47(25-84)118-48(91)17-14-34-12-10-9-11-13-34)15-16-45-81(6)20-19-46(80(4,5)44(81)18-21-83(45,82)8)119-76-68(123-73-63(106)57(100)52(95)40(27-86)114-73)59(102)55(98)43(117-76)32-111-75-67(50(93)38(90)31-110-75)122-70-60(103)49(92)37(89)30-109-70/h9-15,17,33,36-47,49-77,85-90,92-107H,16,18-32H2,1-8H3/b17-14+/t33-,36-,37+,38-,39+,40+,41+,42-,43+,44-,45+,46-,47-,49-,50-,51+,52+,53+,54-,55+,56-,57-,58-,59-,60+,61+,62+,63+,64+,65-,66-,67+,68+,69+,70-,71-,72-,73-,74-,75-,76-,77-,81-,82+,83+,84+/m0/s1. The van der Waals surface area contributed by atoms with E-state index in [1.165, 1.54) is 13.0 Å². The lowest BCUT2D eigenvalue weighted by Crippen LogP contribution is -2.68. The molecule has 0 radical (unpaired) electrons. The van der Waals surface area contributed by atoms with Gasteiger partial charge >= 0.3 is 11.9 Å². The van der Waals surface area contributed by atoms with Gasteiger partial charge in [0.05, 0.1) is 63.9 Å². The Morgan fingerprint density at radius 2 is 0.912 bits per heavy atom. The molecule has 8 saturated heterocycles. The predicted molar refractivity (Wildman–Crippen MR) is 415 cm³/mol. The summed E-state index contributed by atoms with van der Waals surface area (Å²) in [6.07, 6.45) is -60.1. The summed E-state index contributed by atoms with van der Waals surface area (Å²) in [5.41, 5.74) is -3.39. The molecule has 8 aliphatic heterocycles. The van der Waals surface area contributed by atoms with Gasteiger partial charge in [0.25, 0.3) is 0 Å². The smallest absolute Gasteiger partial charge is 0.331 e. The lowest BCUT2D eigenvalue weighted by atomic mass is 9.33. The van der Waals surface area contributed by atoms with Gasteiger partial charge < -0.3 is 193 Å². The molecule has 0 spiro atoms. The van der Waals surface area contributed by atoms with Gasteiger partial charge in [0.15, 0.2) is 50.1 Å². The average Bonchev–Trinajstić information content (AvgIpc) is 0.755. The first-order chi connectivity index (χ1) is 59.0.